The summed E-state index contributed by atoms with van der Waals surface area (Å²) in [6, 6.07) is 9.26. The average molecular weight is 190 g/mol. The first-order valence-electron chi connectivity index (χ1n) is 4.54. The molecule has 0 amide bonds. The summed E-state index contributed by atoms with van der Waals surface area (Å²) >= 11 is 0. The molecule has 14 heavy (non-hydrogen) atoms. The maximum Gasteiger partial charge on any atom is 0.169 e. The van der Waals surface area contributed by atoms with Crippen LogP contribution in [0.5, 0.6) is 0 Å². The molecule has 0 radical (unpaired) electrons. The first kappa shape index (κ1) is 10.5. The van der Waals surface area contributed by atoms with Gasteiger partial charge in [0.2, 0.25) is 0 Å². The Morgan fingerprint density at radius 2 is 2.00 bits per heavy atom. The van der Waals surface area contributed by atoms with Gasteiger partial charge < -0.3 is 4.74 Å². The molecule has 0 aliphatic carbocycles. The minimum atomic E-state index is -0.141. The number of carbonyl (C=O) groups is 1. The number of Topliss-reactive ketones (excluding diaryl/α,β-unsaturated/α-hetero) is 1. The second-order valence-electron chi connectivity index (χ2n) is 3.08. The number of carbonyl (C=O) groups excluding carboxylic acids is 1. The third-order valence-electron chi connectivity index (χ3n) is 1.98. The number of hydrogen-bond acceptors (Lipinski definition) is 2. The van der Waals surface area contributed by atoms with Crippen molar-refractivity contribution in [2.24, 2.45) is 5.92 Å². The largest absolute Gasteiger partial charge is 0.505 e. The zero-order valence-electron chi connectivity index (χ0n) is 8.44. The van der Waals surface area contributed by atoms with Crippen LogP contribution < -0.4 is 0 Å². The van der Waals surface area contributed by atoms with Crippen LogP contribution in [-0.4, -0.2) is 12.9 Å². The molecule has 0 N–H and O–H groups in total. The summed E-state index contributed by atoms with van der Waals surface area (Å²) in [6.45, 7) is 1.85. The van der Waals surface area contributed by atoms with Crippen LogP contribution >= 0.6 is 0 Å². The monoisotopic (exact) mass is 190 g/mol. The normalized spacial score (nSPS) is 12.7. The van der Waals surface area contributed by atoms with Crippen molar-refractivity contribution in [2.75, 3.05) is 7.11 Å². The molecule has 0 heterocycles. The molecule has 0 saturated heterocycles. The Labute approximate surface area is 84.2 Å². The zero-order valence-corrected chi connectivity index (χ0v) is 8.44. The summed E-state index contributed by atoms with van der Waals surface area (Å²) in [5.41, 5.74) is 0.737. The molecular formula is C12H14O2. The van der Waals surface area contributed by atoms with Gasteiger partial charge in [0.05, 0.1) is 13.4 Å². The second kappa shape index (κ2) is 5.22. The van der Waals surface area contributed by atoms with Gasteiger partial charge in [-0.2, -0.15) is 0 Å². The fraction of sp³-hybridized carbons (Fsp3) is 0.250. The lowest BCUT2D eigenvalue weighted by Gasteiger charge is -2.04. The lowest BCUT2D eigenvalue weighted by Crippen LogP contribution is -2.08. The molecule has 74 valence electrons. The summed E-state index contributed by atoms with van der Waals surface area (Å²) in [5.74, 6) is -0.0312. The SMILES string of the molecule is CO/C=C\C(C)C(=O)c1ccccc1. The molecule has 2 nitrogen and oxygen atoms in total. The van der Waals surface area contributed by atoms with E-state index in [-0.39, 0.29) is 11.7 Å². The van der Waals surface area contributed by atoms with Crippen molar-refractivity contribution in [3.8, 4) is 0 Å². The number of methoxy groups -OCH3 is 1. The number of allylic oxidation sites excluding steroid dienone is 1. The molecule has 0 aliphatic rings. The predicted octanol–water partition coefficient (Wildman–Crippen LogP) is 2.67. The van der Waals surface area contributed by atoms with Crippen molar-refractivity contribution in [3.05, 3.63) is 48.2 Å². The minimum Gasteiger partial charge on any atom is -0.505 e. The van der Waals surface area contributed by atoms with Crippen molar-refractivity contribution in [2.45, 2.75) is 6.92 Å². The van der Waals surface area contributed by atoms with E-state index < -0.39 is 0 Å². The van der Waals surface area contributed by atoms with Gasteiger partial charge in [-0.05, 0) is 6.08 Å². The Balaban J connectivity index is 2.71. The van der Waals surface area contributed by atoms with E-state index in [4.69, 9.17) is 4.74 Å². The molecule has 0 aromatic heterocycles. The molecule has 2 heteroatoms. The molecule has 1 atom stereocenters. The van der Waals surface area contributed by atoms with Crippen LogP contribution in [0, 0.1) is 5.92 Å². The van der Waals surface area contributed by atoms with Gasteiger partial charge in [0, 0.05) is 11.5 Å². The minimum absolute atomic E-state index is 0.110. The summed E-state index contributed by atoms with van der Waals surface area (Å²) in [6.07, 6.45) is 3.28. The molecule has 0 spiro atoms. The van der Waals surface area contributed by atoms with E-state index >= 15 is 0 Å². The molecular weight excluding hydrogens is 176 g/mol. The number of rotatable bonds is 4. The first-order chi connectivity index (χ1) is 6.75. The lowest BCUT2D eigenvalue weighted by atomic mass is 10.00. The smallest absolute Gasteiger partial charge is 0.169 e. The molecule has 1 aromatic carbocycles. The molecule has 1 aromatic rings. The Bertz CT molecular complexity index is 314. The van der Waals surface area contributed by atoms with Crippen LogP contribution in [0.1, 0.15) is 17.3 Å². The van der Waals surface area contributed by atoms with Gasteiger partial charge in [-0.1, -0.05) is 37.3 Å². The van der Waals surface area contributed by atoms with E-state index in [1.165, 1.54) is 6.26 Å². The molecule has 1 rings (SSSR count). The van der Waals surface area contributed by atoms with Crippen molar-refractivity contribution in [1.82, 2.24) is 0 Å². The van der Waals surface area contributed by atoms with Crippen molar-refractivity contribution in [1.29, 1.82) is 0 Å². The summed E-state index contributed by atoms with van der Waals surface area (Å²) in [7, 11) is 1.57. The predicted molar refractivity (Wildman–Crippen MR) is 56.1 cm³/mol. The van der Waals surface area contributed by atoms with Crippen LogP contribution in [-0.2, 0) is 4.74 Å². The first-order valence-corrected chi connectivity index (χ1v) is 4.54. The highest BCUT2D eigenvalue weighted by Crippen LogP contribution is 2.09. The fourth-order valence-corrected chi connectivity index (χ4v) is 1.15. The maximum absolute atomic E-state index is 11.7. The van der Waals surface area contributed by atoms with Crippen LogP contribution in [0.25, 0.3) is 0 Å². The highest BCUT2D eigenvalue weighted by molar-refractivity contribution is 5.98. The summed E-state index contributed by atoms with van der Waals surface area (Å²) in [4.78, 5) is 11.7. The number of ether oxygens (including phenoxy) is 1. The topological polar surface area (TPSA) is 26.3 Å². The fourth-order valence-electron chi connectivity index (χ4n) is 1.15. The quantitative estimate of drug-likeness (QED) is 0.539. The van der Waals surface area contributed by atoms with Gasteiger partial charge in [-0.15, -0.1) is 0 Å². The third-order valence-corrected chi connectivity index (χ3v) is 1.98. The Morgan fingerprint density at radius 1 is 1.36 bits per heavy atom. The molecule has 0 bridgehead atoms. The van der Waals surface area contributed by atoms with Gasteiger partial charge in [-0.25, -0.2) is 0 Å². The molecule has 0 saturated carbocycles. The number of hydrogen-bond donors (Lipinski definition) is 0. The van der Waals surface area contributed by atoms with Crippen LogP contribution in [0.4, 0.5) is 0 Å². The number of benzene rings is 1. The Kier molecular flexibility index (Phi) is 3.92. The Hall–Kier alpha value is -1.57. The summed E-state index contributed by atoms with van der Waals surface area (Å²) in [5, 5.41) is 0. The molecule has 1 unspecified atom stereocenters. The highest BCUT2D eigenvalue weighted by atomic mass is 16.5. The van der Waals surface area contributed by atoms with Crippen molar-refractivity contribution >= 4 is 5.78 Å². The van der Waals surface area contributed by atoms with E-state index in [1.54, 1.807) is 13.2 Å². The number of ketones is 1. The van der Waals surface area contributed by atoms with Crippen molar-refractivity contribution < 1.29 is 9.53 Å². The van der Waals surface area contributed by atoms with E-state index in [1.807, 2.05) is 37.3 Å². The standard InChI is InChI=1S/C12H14O2/c1-10(8-9-14-2)12(13)11-6-4-3-5-7-11/h3-10H,1-2H3/b9-8-. The van der Waals surface area contributed by atoms with Gasteiger partial charge in [0.1, 0.15) is 0 Å². The van der Waals surface area contributed by atoms with Crippen molar-refractivity contribution in [3.63, 3.8) is 0 Å². The van der Waals surface area contributed by atoms with Crippen LogP contribution in [0.15, 0.2) is 42.7 Å². The lowest BCUT2D eigenvalue weighted by molar-refractivity contribution is 0.0952. The Morgan fingerprint density at radius 3 is 2.57 bits per heavy atom. The van der Waals surface area contributed by atoms with Gasteiger partial charge in [-0.3, -0.25) is 4.79 Å². The zero-order chi connectivity index (χ0) is 10.4. The van der Waals surface area contributed by atoms with E-state index in [2.05, 4.69) is 0 Å². The summed E-state index contributed by atoms with van der Waals surface area (Å²) < 4.78 is 4.77. The van der Waals surface area contributed by atoms with E-state index in [0.717, 1.165) is 5.56 Å². The molecule has 0 aliphatic heterocycles. The maximum atomic E-state index is 11.7. The van der Waals surface area contributed by atoms with Crippen LogP contribution in [0.3, 0.4) is 0 Å². The van der Waals surface area contributed by atoms with E-state index in [0.29, 0.717) is 0 Å². The average Bonchev–Trinajstić information content (AvgIpc) is 2.26. The second-order valence-corrected chi connectivity index (χ2v) is 3.08. The van der Waals surface area contributed by atoms with Gasteiger partial charge >= 0.3 is 0 Å². The third kappa shape index (κ3) is 2.73. The highest BCUT2D eigenvalue weighted by Gasteiger charge is 2.11. The van der Waals surface area contributed by atoms with Gasteiger partial charge in [0.15, 0.2) is 5.78 Å². The molecule has 0 fully saturated rings. The van der Waals surface area contributed by atoms with E-state index in [9.17, 15) is 4.79 Å². The van der Waals surface area contributed by atoms with Gasteiger partial charge in [0.25, 0.3) is 0 Å². The van der Waals surface area contributed by atoms with Crippen LogP contribution in [0.2, 0.25) is 0 Å².